The van der Waals surface area contributed by atoms with Crippen LogP contribution in [-0.2, 0) is 14.3 Å². The summed E-state index contributed by atoms with van der Waals surface area (Å²) in [5, 5.41) is 11.6. The number of aliphatic hydroxyl groups is 1. The molecule has 1 saturated heterocycles. The van der Waals surface area contributed by atoms with Crippen LogP contribution in [0.5, 0.6) is 5.75 Å². The topological polar surface area (TPSA) is 106 Å². The fraction of sp³-hybridized carbons (Fsp3) is 0.267. The van der Waals surface area contributed by atoms with Crippen molar-refractivity contribution in [1.82, 2.24) is 4.98 Å². The van der Waals surface area contributed by atoms with Crippen LogP contribution in [-0.4, -0.2) is 41.5 Å². The number of aliphatic hydroxyl groups excluding tert-OH is 1. The normalized spacial score (nSPS) is 16.6. The molecule has 3 aromatic rings. The molecule has 0 aliphatic carbocycles. The Morgan fingerprint density at radius 1 is 1.18 bits per heavy atom. The van der Waals surface area contributed by atoms with Crippen LogP contribution in [0.4, 0.5) is 5.13 Å². The number of methoxy groups -OCH3 is 1. The summed E-state index contributed by atoms with van der Waals surface area (Å²) < 4.78 is 10.5. The third-order valence-electron chi connectivity index (χ3n) is 6.53. The summed E-state index contributed by atoms with van der Waals surface area (Å²) in [4.78, 5) is 45.1. The molecule has 1 unspecified atom stereocenters. The molecule has 39 heavy (non-hydrogen) atoms. The van der Waals surface area contributed by atoms with E-state index in [9.17, 15) is 19.5 Å². The van der Waals surface area contributed by atoms with Crippen LogP contribution in [0.1, 0.15) is 63.4 Å². The predicted octanol–water partition coefficient (Wildman–Crippen LogP) is 5.86. The Labute approximate surface area is 231 Å². The highest BCUT2D eigenvalue weighted by atomic mass is 32.1. The summed E-state index contributed by atoms with van der Waals surface area (Å²) in [6.07, 6.45) is 1.63. The average Bonchev–Trinajstić information content (AvgIpc) is 3.43. The lowest BCUT2D eigenvalue weighted by molar-refractivity contribution is -0.132. The van der Waals surface area contributed by atoms with Gasteiger partial charge in [0.1, 0.15) is 23.0 Å². The van der Waals surface area contributed by atoms with Crippen molar-refractivity contribution in [3.8, 4) is 5.75 Å². The van der Waals surface area contributed by atoms with E-state index >= 15 is 0 Å². The zero-order valence-corrected chi connectivity index (χ0v) is 23.3. The second kappa shape index (κ2) is 11.2. The standard InChI is InChI=1S/C30H30N2O6S/c1-7-14-38-22-13-12-21(15-17(22)4)25(33)23-24(20-10-8-19(9-11-20)16(2)3)32(28(35)26(23)34)30-31-18(5)27(39-30)29(36)37-6/h7-13,15-16,24,33H,1,14H2,2-6H3. The number of aryl methyl sites for hydroxylation is 2. The van der Waals surface area contributed by atoms with Crippen LogP contribution < -0.4 is 9.64 Å². The molecule has 0 bridgehead atoms. The number of amides is 1. The molecule has 1 N–H and O–H groups in total. The van der Waals surface area contributed by atoms with Crippen molar-refractivity contribution < 1.29 is 29.0 Å². The number of rotatable bonds is 8. The molecule has 4 rings (SSSR count). The quantitative estimate of drug-likeness (QED) is 0.124. The van der Waals surface area contributed by atoms with Crippen LogP contribution in [0.2, 0.25) is 0 Å². The van der Waals surface area contributed by atoms with Gasteiger partial charge in [-0.1, -0.05) is 62.1 Å². The maximum atomic E-state index is 13.5. The number of benzene rings is 2. The summed E-state index contributed by atoms with van der Waals surface area (Å²) in [7, 11) is 1.26. The summed E-state index contributed by atoms with van der Waals surface area (Å²) >= 11 is 0.962. The van der Waals surface area contributed by atoms with Gasteiger partial charge in [0.25, 0.3) is 5.78 Å². The first-order valence-corrected chi connectivity index (χ1v) is 13.2. The lowest BCUT2D eigenvalue weighted by atomic mass is 9.93. The Morgan fingerprint density at radius 2 is 1.87 bits per heavy atom. The van der Waals surface area contributed by atoms with E-state index in [4.69, 9.17) is 9.47 Å². The van der Waals surface area contributed by atoms with Crippen molar-refractivity contribution in [3.63, 3.8) is 0 Å². The van der Waals surface area contributed by atoms with Gasteiger partial charge in [-0.15, -0.1) is 0 Å². The van der Waals surface area contributed by atoms with Crippen molar-refractivity contribution in [2.24, 2.45) is 0 Å². The van der Waals surface area contributed by atoms with Gasteiger partial charge in [0.05, 0.1) is 24.4 Å². The lowest BCUT2D eigenvalue weighted by Crippen LogP contribution is -2.29. The average molecular weight is 547 g/mol. The highest BCUT2D eigenvalue weighted by molar-refractivity contribution is 7.17. The SMILES string of the molecule is C=CCOc1ccc(C(O)=C2C(=O)C(=O)N(c3nc(C)c(C(=O)OC)s3)C2c2ccc(C(C)C)cc2)cc1C. The first-order chi connectivity index (χ1) is 18.6. The maximum absolute atomic E-state index is 13.5. The van der Waals surface area contributed by atoms with Gasteiger partial charge in [-0.25, -0.2) is 9.78 Å². The van der Waals surface area contributed by atoms with Gasteiger partial charge in [-0.3, -0.25) is 14.5 Å². The maximum Gasteiger partial charge on any atom is 0.350 e. The molecule has 0 saturated carbocycles. The lowest BCUT2D eigenvalue weighted by Gasteiger charge is -2.23. The minimum atomic E-state index is -0.959. The van der Waals surface area contributed by atoms with Crippen molar-refractivity contribution >= 4 is 39.9 Å². The van der Waals surface area contributed by atoms with Crippen LogP contribution >= 0.6 is 11.3 Å². The molecule has 1 aromatic heterocycles. The summed E-state index contributed by atoms with van der Waals surface area (Å²) in [6, 6.07) is 11.6. The second-order valence-electron chi connectivity index (χ2n) is 9.47. The third-order valence-corrected chi connectivity index (χ3v) is 7.67. The molecule has 0 radical (unpaired) electrons. The molecule has 1 aliphatic heterocycles. The van der Waals surface area contributed by atoms with Gasteiger partial charge in [0, 0.05) is 5.56 Å². The first-order valence-electron chi connectivity index (χ1n) is 12.4. The zero-order valence-electron chi connectivity index (χ0n) is 22.5. The summed E-state index contributed by atoms with van der Waals surface area (Å²) in [6.45, 7) is 11.6. The minimum Gasteiger partial charge on any atom is -0.507 e. The monoisotopic (exact) mass is 546 g/mol. The number of carbonyl (C=O) groups excluding carboxylic acids is 3. The van der Waals surface area contributed by atoms with Gasteiger partial charge >= 0.3 is 11.9 Å². The van der Waals surface area contributed by atoms with Gasteiger partial charge in [0.15, 0.2) is 5.13 Å². The van der Waals surface area contributed by atoms with Crippen molar-refractivity contribution in [1.29, 1.82) is 0 Å². The Kier molecular flexibility index (Phi) is 8.01. The number of anilines is 1. The van der Waals surface area contributed by atoms with E-state index in [0.717, 1.165) is 22.5 Å². The molecule has 9 heteroatoms. The number of hydrogen-bond donors (Lipinski definition) is 1. The minimum absolute atomic E-state index is 0.0658. The number of thiazole rings is 1. The van der Waals surface area contributed by atoms with E-state index in [-0.39, 0.29) is 27.3 Å². The fourth-order valence-corrected chi connectivity index (χ4v) is 5.45. The zero-order chi connectivity index (χ0) is 28.4. The number of aromatic nitrogens is 1. The highest BCUT2D eigenvalue weighted by Gasteiger charge is 2.48. The second-order valence-corrected chi connectivity index (χ2v) is 10.5. The van der Waals surface area contributed by atoms with Crippen LogP contribution in [0.25, 0.3) is 5.76 Å². The molecule has 1 aliphatic rings. The van der Waals surface area contributed by atoms with Crippen LogP contribution in [0, 0.1) is 13.8 Å². The van der Waals surface area contributed by atoms with E-state index in [0.29, 0.717) is 29.2 Å². The number of esters is 1. The van der Waals surface area contributed by atoms with Crippen LogP contribution in [0.15, 0.2) is 60.7 Å². The van der Waals surface area contributed by atoms with E-state index in [1.807, 2.05) is 31.2 Å². The van der Waals surface area contributed by atoms with Gasteiger partial charge < -0.3 is 14.6 Å². The van der Waals surface area contributed by atoms with Gasteiger partial charge in [-0.2, -0.15) is 0 Å². The summed E-state index contributed by atoms with van der Waals surface area (Å²) in [5.41, 5.74) is 3.12. The molecular weight excluding hydrogens is 516 g/mol. The first kappa shape index (κ1) is 27.8. The van der Waals surface area contributed by atoms with Crippen molar-refractivity contribution in [3.05, 3.63) is 93.5 Å². The Hall–Kier alpha value is -4.24. The van der Waals surface area contributed by atoms with Gasteiger partial charge in [-0.05, 0) is 54.7 Å². The fourth-order valence-electron chi connectivity index (χ4n) is 4.44. The molecular formula is C30H30N2O6S. The van der Waals surface area contributed by atoms with E-state index in [1.165, 1.54) is 12.0 Å². The van der Waals surface area contributed by atoms with Gasteiger partial charge in [0.2, 0.25) is 0 Å². The van der Waals surface area contributed by atoms with E-state index in [1.54, 1.807) is 31.2 Å². The Morgan fingerprint density at radius 3 is 2.46 bits per heavy atom. The number of carbonyl (C=O) groups is 3. The molecule has 1 amide bonds. The molecule has 0 spiro atoms. The largest absolute Gasteiger partial charge is 0.507 e. The Balaban J connectivity index is 1.89. The van der Waals surface area contributed by atoms with Crippen molar-refractivity contribution in [2.45, 2.75) is 39.7 Å². The summed E-state index contributed by atoms with van der Waals surface area (Å²) in [5.74, 6) is -1.70. The molecule has 1 atom stereocenters. The third kappa shape index (κ3) is 5.22. The smallest absolute Gasteiger partial charge is 0.350 e. The Bertz CT molecular complexity index is 1490. The van der Waals surface area contributed by atoms with Crippen LogP contribution in [0.3, 0.4) is 0 Å². The van der Waals surface area contributed by atoms with E-state index < -0.39 is 23.7 Å². The molecule has 202 valence electrons. The number of hydrogen-bond acceptors (Lipinski definition) is 8. The molecule has 8 nitrogen and oxygen atoms in total. The number of ketones is 1. The molecule has 2 heterocycles. The number of Topliss-reactive ketones (excluding diaryl/α,β-unsaturated/α-hetero) is 1. The van der Waals surface area contributed by atoms with Crippen molar-refractivity contribution in [2.75, 3.05) is 18.6 Å². The predicted molar refractivity (Wildman–Crippen MR) is 150 cm³/mol. The number of nitrogens with zero attached hydrogens (tertiary/aromatic N) is 2. The number of ether oxygens (including phenoxy) is 2. The highest BCUT2D eigenvalue weighted by Crippen LogP contribution is 2.44. The molecule has 1 fully saturated rings. The van der Waals surface area contributed by atoms with E-state index in [2.05, 4.69) is 25.4 Å². The molecule has 2 aromatic carbocycles.